The van der Waals surface area contributed by atoms with Crippen LogP contribution in [-0.2, 0) is 6.42 Å². The van der Waals surface area contributed by atoms with Crippen LogP contribution < -0.4 is 5.32 Å². The predicted octanol–water partition coefficient (Wildman–Crippen LogP) is 3.04. The summed E-state index contributed by atoms with van der Waals surface area (Å²) in [6, 6.07) is 7.91. The topological polar surface area (TPSA) is 51.0 Å². The van der Waals surface area contributed by atoms with E-state index in [0.29, 0.717) is 5.82 Å². The van der Waals surface area contributed by atoms with E-state index in [9.17, 15) is 0 Å². The summed E-state index contributed by atoms with van der Waals surface area (Å²) in [6.07, 6.45) is 3.24. The molecule has 2 heterocycles. The summed E-state index contributed by atoms with van der Waals surface area (Å²) in [5, 5.41) is 7.44. The van der Waals surface area contributed by atoms with E-state index in [0.717, 1.165) is 47.8 Å². The summed E-state index contributed by atoms with van der Waals surface area (Å²) in [7, 11) is 0. The minimum absolute atomic E-state index is 0.659. The monoisotopic (exact) mass is 321 g/mol. The van der Waals surface area contributed by atoms with Gasteiger partial charge in [0.2, 0.25) is 11.7 Å². The molecule has 5 heteroatoms. The number of nitrogens with zero attached hydrogens (tertiary/aromatic N) is 2. The third-order valence-electron chi connectivity index (χ3n) is 3.51. The number of benzene rings is 1. The van der Waals surface area contributed by atoms with Gasteiger partial charge in [-0.2, -0.15) is 4.98 Å². The van der Waals surface area contributed by atoms with E-state index in [1.165, 1.54) is 6.42 Å². The molecule has 4 nitrogen and oxygen atoms in total. The molecule has 0 bridgehead atoms. The highest BCUT2D eigenvalue weighted by molar-refractivity contribution is 9.10. The third kappa shape index (κ3) is 3.04. The van der Waals surface area contributed by atoms with Crippen molar-refractivity contribution in [2.45, 2.75) is 19.3 Å². The molecule has 1 aromatic carbocycles. The summed E-state index contributed by atoms with van der Waals surface area (Å²) in [4.78, 5) is 4.47. The van der Waals surface area contributed by atoms with Gasteiger partial charge in [-0.3, -0.25) is 0 Å². The first-order valence-electron chi connectivity index (χ1n) is 6.61. The van der Waals surface area contributed by atoms with Gasteiger partial charge in [-0.15, -0.1) is 0 Å². The fraction of sp³-hybridized carbons (Fsp3) is 0.429. The first kappa shape index (κ1) is 12.8. The Hall–Kier alpha value is -1.20. The minimum Gasteiger partial charge on any atom is -0.339 e. The Labute approximate surface area is 120 Å². The van der Waals surface area contributed by atoms with E-state index < -0.39 is 0 Å². The van der Waals surface area contributed by atoms with E-state index in [4.69, 9.17) is 4.52 Å². The normalized spacial score (nSPS) is 18.9. The van der Waals surface area contributed by atoms with Gasteiger partial charge in [0, 0.05) is 16.5 Å². The molecule has 1 aliphatic rings. The van der Waals surface area contributed by atoms with E-state index in [1.54, 1.807) is 0 Å². The lowest BCUT2D eigenvalue weighted by Crippen LogP contribution is -2.09. The van der Waals surface area contributed by atoms with Gasteiger partial charge >= 0.3 is 0 Å². The molecule has 2 aromatic rings. The second-order valence-corrected chi connectivity index (χ2v) is 5.74. The SMILES string of the molecule is Brc1ccccc1-c1noc(CCC2CCNC2)n1. The fourth-order valence-electron chi connectivity index (χ4n) is 2.40. The number of aryl methyl sites for hydroxylation is 1. The average molecular weight is 322 g/mol. The van der Waals surface area contributed by atoms with E-state index in [1.807, 2.05) is 24.3 Å². The predicted molar refractivity (Wildman–Crippen MR) is 76.7 cm³/mol. The molecule has 0 amide bonds. The van der Waals surface area contributed by atoms with Crippen molar-refractivity contribution in [1.29, 1.82) is 0 Å². The van der Waals surface area contributed by atoms with Gasteiger partial charge < -0.3 is 9.84 Å². The van der Waals surface area contributed by atoms with Gasteiger partial charge in [0.05, 0.1) is 0 Å². The summed E-state index contributed by atoms with van der Waals surface area (Å²) in [6.45, 7) is 2.25. The number of aromatic nitrogens is 2. The van der Waals surface area contributed by atoms with Crippen LogP contribution in [0.2, 0.25) is 0 Å². The Balaban J connectivity index is 1.67. The van der Waals surface area contributed by atoms with Gasteiger partial charge in [-0.1, -0.05) is 33.2 Å². The zero-order chi connectivity index (χ0) is 13.1. The molecule has 0 spiro atoms. The molecule has 0 aliphatic carbocycles. The van der Waals surface area contributed by atoms with Crippen molar-refractivity contribution in [3.63, 3.8) is 0 Å². The van der Waals surface area contributed by atoms with Gasteiger partial charge in [0.1, 0.15) is 0 Å². The van der Waals surface area contributed by atoms with Gasteiger partial charge in [0.25, 0.3) is 0 Å². The Kier molecular flexibility index (Phi) is 3.94. The lowest BCUT2D eigenvalue weighted by Gasteiger charge is -2.03. The highest BCUT2D eigenvalue weighted by atomic mass is 79.9. The number of hydrogen-bond donors (Lipinski definition) is 1. The zero-order valence-corrected chi connectivity index (χ0v) is 12.2. The molecule has 100 valence electrons. The molecule has 1 aromatic heterocycles. The number of halogens is 1. The molecular formula is C14H16BrN3O. The fourth-order valence-corrected chi connectivity index (χ4v) is 2.86. The third-order valence-corrected chi connectivity index (χ3v) is 4.20. The maximum Gasteiger partial charge on any atom is 0.226 e. The van der Waals surface area contributed by atoms with Gasteiger partial charge in [0.15, 0.2) is 0 Å². The maximum absolute atomic E-state index is 5.33. The molecule has 1 N–H and O–H groups in total. The second kappa shape index (κ2) is 5.84. The van der Waals surface area contributed by atoms with Crippen LogP contribution in [0.3, 0.4) is 0 Å². The van der Waals surface area contributed by atoms with Crippen molar-refractivity contribution in [2.24, 2.45) is 5.92 Å². The van der Waals surface area contributed by atoms with Crippen LogP contribution in [0.4, 0.5) is 0 Å². The maximum atomic E-state index is 5.33. The lowest BCUT2D eigenvalue weighted by molar-refractivity contribution is 0.365. The van der Waals surface area contributed by atoms with Crippen molar-refractivity contribution in [3.05, 3.63) is 34.6 Å². The molecule has 1 saturated heterocycles. The van der Waals surface area contributed by atoms with Gasteiger partial charge in [-0.25, -0.2) is 0 Å². The molecule has 1 aliphatic heterocycles. The Bertz CT molecular complexity index is 549. The summed E-state index contributed by atoms with van der Waals surface area (Å²) < 4.78 is 6.32. The first-order chi connectivity index (χ1) is 9.33. The van der Waals surface area contributed by atoms with E-state index >= 15 is 0 Å². The Morgan fingerprint density at radius 2 is 2.26 bits per heavy atom. The standard InChI is InChI=1S/C14H16BrN3O/c15-12-4-2-1-3-11(12)14-17-13(19-18-14)6-5-10-7-8-16-9-10/h1-4,10,16H,5-9H2. The van der Waals surface area contributed by atoms with E-state index in [-0.39, 0.29) is 0 Å². The zero-order valence-electron chi connectivity index (χ0n) is 10.6. The molecule has 1 fully saturated rings. The molecule has 0 saturated carbocycles. The highest BCUT2D eigenvalue weighted by Gasteiger charge is 2.16. The number of rotatable bonds is 4. The lowest BCUT2D eigenvalue weighted by atomic mass is 10.0. The molecular weight excluding hydrogens is 306 g/mol. The molecule has 3 rings (SSSR count). The number of hydrogen-bond acceptors (Lipinski definition) is 4. The summed E-state index contributed by atoms with van der Waals surface area (Å²) in [5.74, 6) is 2.14. The van der Waals surface area contributed by atoms with Crippen molar-refractivity contribution >= 4 is 15.9 Å². The molecule has 1 unspecified atom stereocenters. The van der Waals surface area contributed by atoms with Crippen LogP contribution in [-0.4, -0.2) is 23.2 Å². The first-order valence-corrected chi connectivity index (χ1v) is 7.40. The van der Waals surface area contributed by atoms with Crippen LogP contribution in [0.25, 0.3) is 11.4 Å². The van der Waals surface area contributed by atoms with Crippen LogP contribution >= 0.6 is 15.9 Å². The van der Waals surface area contributed by atoms with Gasteiger partial charge in [-0.05, 0) is 44.0 Å². The van der Waals surface area contributed by atoms with Crippen LogP contribution in [0.1, 0.15) is 18.7 Å². The quantitative estimate of drug-likeness (QED) is 0.940. The largest absolute Gasteiger partial charge is 0.339 e. The smallest absolute Gasteiger partial charge is 0.226 e. The molecule has 1 atom stereocenters. The second-order valence-electron chi connectivity index (χ2n) is 4.89. The van der Waals surface area contributed by atoms with Crippen molar-refractivity contribution in [1.82, 2.24) is 15.5 Å². The van der Waals surface area contributed by atoms with Crippen LogP contribution in [0.5, 0.6) is 0 Å². The van der Waals surface area contributed by atoms with Crippen molar-refractivity contribution in [3.8, 4) is 11.4 Å². The Morgan fingerprint density at radius 1 is 1.37 bits per heavy atom. The van der Waals surface area contributed by atoms with Crippen molar-refractivity contribution in [2.75, 3.05) is 13.1 Å². The highest BCUT2D eigenvalue weighted by Crippen LogP contribution is 2.25. The average Bonchev–Trinajstić information content (AvgIpc) is 3.08. The van der Waals surface area contributed by atoms with Crippen LogP contribution in [0.15, 0.2) is 33.3 Å². The number of nitrogens with one attached hydrogen (secondary N) is 1. The van der Waals surface area contributed by atoms with Crippen molar-refractivity contribution < 1.29 is 4.52 Å². The Morgan fingerprint density at radius 3 is 3.05 bits per heavy atom. The summed E-state index contributed by atoms with van der Waals surface area (Å²) >= 11 is 3.51. The van der Waals surface area contributed by atoms with E-state index in [2.05, 4.69) is 31.4 Å². The van der Waals surface area contributed by atoms with Crippen LogP contribution in [0, 0.1) is 5.92 Å². The minimum atomic E-state index is 0.659. The summed E-state index contributed by atoms with van der Waals surface area (Å²) in [5.41, 5.74) is 0.972. The molecule has 0 radical (unpaired) electrons. The molecule has 19 heavy (non-hydrogen) atoms.